The minimum Gasteiger partial charge on any atom is -0.324 e. The van der Waals surface area contributed by atoms with Crippen LogP contribution in [0, 0.1) is 5.82 Å². The number of carbonyl (C=O) groups excluding carboxylic acids is 2. The molecule has 1 amide bonds. The van der Waals surface area contributed by atoms with Gasteiger partial charge >= 0.3 is 0 Å². The number of ketones is 1. The van der Waals surface area contributed by atoms with E-state index in [1.165, 1.54) is 19.1 Å². The molecule has 0 saturated heterocycles. The van der Waals surface area contributed by atoms with Crippen LogP contribution in [0.3, 0.4) is 0 Å². The fourth-order valence-electron chi connectivity index (χ4n) is 2.56. The van der Waals surface area contributed by atoms with Crippen molar-refractivity contribution in [1.82, 2.24) is 14.8 Å². The molecule has 140 valence electrons. The number of thioether (sulfide) groups is 1. The Labute approximate surface area is 160 Å². The summed E-state index contributed by atoms with van der Waals surface area (Å²) in [5, 5.41) is 7.88. The number of pyridine rings is 1. The zero-order chi connectivity index (χ0) is 19.6. The molecule has 0 aliphatic heterocycles. The molecular formula is C19H19FN4O2S. The lowest BCUT2D eigenvalue weighted by atomic mass is 10.1. The quantitative estimate of drug-likeness (QED) is 0.510. The van der Waals surface area contributed by atoms with Gasteiger partial charge in [-0.1, -0.05) is 6.07 Å². The first-order valence-electron chi connectivity index (χ1n) is 8.41. The first-order chi connectivity index (χ1) is 12.8. The molecule has 0 radical (unpaired) electrons. The molecule has 8 heteroatoms. The van der Waals surface area contributed by atoms with E-state index in [-0.39, 0.29) is 23.5 Å². The summed E-state index contributed by atoms with van der Waals surface area (Å²) in [5.74, 6) is -0.941. The van der Waals surface area contributed by atoms with Crippen molar-refractivity contribution in [3.05, 3.63) is 48.0 Å². The van der Waals surface area contributed by atoms with Gasteiger partial charge in [-0.05, 0) is 39.0 Å². The number of carbonyl (C=O) groups is 2. The number of aromatic nitrogens is 3. The lowest BCUT2D eigenvalue weighted by Gasteiger charge is -2.08. The van der Waals surface area contributed by atoms with E-state index in [0.717, 1.165) is 22.8 Å². The third kappa shape index (κ3) is 4.33. The largest absolute Gasteiger partial charge is 0.324 e. The molecule has 0 unspecified atom stereocenters. The summed E-state index contributed by atoms with van der Waals surface area (Å²) < 4.78 is 15.8. The second-order valence-corrected chi connectivity index (χ2v) is 7.38. The summed E-state index contributed by atoms with van der Waals surface area (Å²) in [7, 11) is 0. The van der Waals surface area contributed by atoms with Crippen molar-refractivity contribution in [2.45, 2.75) is 31.7 Å². The lowest BCUT2D eigenvalue weighted by Crippen LogP contribution is -2.14. The number of fused-ring (bicyclic) bond motifs is 1. The molecule has 0 spiro atoms. The zero-order valence-corrected chi connectivity index (χ0v) is 16.0. The van der Waals surface area contributed by atoms with Gasteiger partial charge < -0.3 is 5.32 Å². The van der Waals surface area contributed by atoms with E-state index in [1.807, 2.05) is 18.5 Å². The topological polar surface area (TPSA) is 76.9 Å². The Morgan fingerprint density at radius 1 is 1.26 bits per heavy atom. The van der Waals surface area contributed by atoms with E-state index in [4.69, 9.17) is 0 Å². The van der Waals surface area contributed by atoms with Crippen LogP contribution < -0.4 is 5.32 Å². The van der Waals surface area contributed by atoms with Crippen LogP contribution in [0.1, 0.15) is 37.2 Å². The molecule has 3 aromatic rings. The van der Waals surface area contributed by atoms with Crippen molar-refractivity contribution in [2.75, 3.05) is 11.1 Å². The van der Waals surface area contributed by atoms with Crippen molar-refractivity contribution in [1.29, 1.82) is 0 Å². The van der Waals surface area contributed by atoms with Crippen molar-refractivity contribution in [3.8, 4) is 0 Å². The maximum Gasteiger partial charge on any atom is 0.234 e. The number of nitrogens with one attached hydrogen (secondary N) is 1. The van der Waals surface area contributed by atoms with Crippen LogP contribution in [-0.4, -0.2) is 32.2 Å². The Kier molecular flexibility index (Phi) is 5.55. The molecular weight excluding hydrogens is 367 g/mol. The van der Waals surface area contributed by atoms with Crippen LogP contribution in [0.5, 0.6) is 0 Å². The second kappa shape index (κ2) is 7.87. The fourth-order valence-corrected chi connectivity index (χ4v) is 3.28. The summed E-state index contributed by atoms with van der Waals surface area (Å²) in [5.41, 5.74) is 1.62. The molecule has 27 heavy (non-hydrogen) atoms. The van der Waals surface area contributed by atoms with Crippen LogP contribution in [0.25, 0.3) is 11.0 Å². The molecule has 0 saturated carbocycles. The van der Waals surface area contributed by atoms with Gasteiger partial charge in [-0.25, -0.2) is 14.1 Å². The van der Waals surface area contributed by atoms with E-state index in [1.54, 1.807) is 24.5 Å². The molecule has 2 heterocycles. The summed E-state index contributed by atoms with van der Waals surface area (Å²) in [6.45, 7) is 5.41. The van der Waals surface area contributed by atoms with Gasteiger partial charge in [0.25, 0.3) is 0 Å². The van der Waals surface area contributed by atoms with Gasteiger partial charge in [0.2, 0.25) is 5.91 Å². The fraction of sp³-hybridized carbons (Fsp3) is 0.263. The number of Topliss-reactive ketones (excluding diaryl/α,β-unsaturated/α-hetero) is 1. The zero-order valence-electron chi connectivity index (χ0n) is 15.2. The molecule has 1 N–H and O–H groups in total. The highest BCUT2D eigenvalue weighted by Crippen LogP contribution is 2.24. The molecule has 0 fully saturated rings. The maximum absolute atomic E-state index is 14.0. The molecule has 0 atom stereocenters. The van der Waals surface area contributed by atoms with E-state index < -0.39 is 5.82 Å². The number of hydrogen-bond donors (Lipinski definition) is 1. The Morgan fingerprint density at radius 2 is 2.04 bits per heavy atom. The highest BCUT2D eigenvalue weighted by atomic mass is 32.2. The summed E-state index contributed by atoms with van der Waals surface area (Å²) in [6, 6.07) is 6.25. The molecule has 0 bridgehead atoms. The number of amides is 1. The Balaban J connectivity index is 1.64. The van der Waals surface area contributed by atoms with Crippen LogP contribution >= 0.6 is 11.8 Å². The Bertz CT molecular complexity index is 1020. The SMILES string of the molecule is CC(=O)c1ccc(SCC(=O)Nc2cnc3c(cnn3C(C)C)c2)c(F)c1. The first-order valence-corrected chi connectivity index (χ1v) is 9.40. The van der Waals surface area contributed by atoms with E-state index in [0.29, 0.717) is 16.1 Å². The predicted octanol–water partition coefficient (Wildman–Crippen LogP) is 4.08. The van der Waals surface area contributed by atoms with E-state index >= 15 is 0 Å². The average molecular weight is 386 g/mol. The molecule has 0 aliphatic rings. The van der Waals surface area contributed by atoms with E-state index in [2.05, 4.69) is 15.4 Å². The highest BCUT2D eigenvalue weighted by Gasteiger charge is 2.12. The minimum absolute atomic E-state index is 0.0413. The molecule has 1 aromatic carbocycles. The van der Waals surface area contributed by atoms with Crippen LogP contribution in [0.15, 0.2) is 41.6 Å². The minimum atomic E-state index is -0.510. The summed E-state index contributed by atoms with van der Waals surface area (Å²) in [4.78, 5) is 28.1. The maximum atomic E-state index is 14.0. The van der Waals surface area contributed by atoms with Crippen LogP contribution in [0.4, 0.5) is 10.1 Å². The van der Waals surface area contributed by atoms with E-state index in [9.17, 15) is 14.0 Å². The van der Waals surface area contributed by atoms with Gasteiger partial charge in [-0.3, -0.25) is 9.59 Å². The average Bonchev–Trinajstić information content (AvgIpc) is 3.04. The third-order valence-corrected chi connectivity index (χ3v) is 4.95. The monoisotopic (exact) mass is 386 g/mol. The van der Waals surface area contributed by atoms with Crippen molar-refractivity contribution < 1.29 is 14.0 Å². The van der Waals surface area contributed by atoms with Crippen molar-refractivity contribution in [3.63, 3.8) is 0 Å². The summed E-state index contributed by atoms with van der Waals surface area (Å²) >= 11 is 1.07. The van der Waals surface area contributed by atoms with Gasteiger partial charge in [0.1, 0.15) is 5.82 Å². The summed E-state index contributed by atoms with van der Waals surface area (Å²) in [6.07, 6.45) is 3.28. The Hall–Kier alpha value is -2.74. The highest BCUT2D eigenvalue weighted by molar-refractivity contribution is 8.00. The van der Waals surface area contributed by atoms with Crippen LogP contribution in [0.2, 0.25) is 0 Å². The first kappa shape index (κ1) is 19.0. The van der Waals surface area contributed by atoms with Gasteiger partial charge in [-0.15, -0.1) is 11.8 Å². The normalized spacial score (nSPS) is 11.1. The lowest BCUT2D eigenvalue weighted by molar-refractivity contribution is -0.113. The number of rotatable bonds is 6. The number of halogens is 1. The number of hydrogen-bond acceptors (Lipinski definition) is 5. The smallest absolute Gasteiger partial charge is 0.234 e. The molecule has 0 aliphatic carbocycles. The van der Waals surface area contributed by atoms with Gasteiger partial charge in [0, 0.05) is 21.9 Å². The van der Waals surface area contributed by atoms with Crippen LogP contribution in [-0.2, 0) is 4.79 Å². The molecule has 3 rings (SSSR count). The third-order valence-electron chi connectivity index (χ3n) is 3.90. The van der Waals surface area contributed by atoms with Gasteiger partial charge in [0.15, 0.2) is 11.4 Å². The number of benzene rings is 1. The van der Waals surface area contributed by atoms with Crippen molar-refractivity contribution in [2.24, 2.45) is 0 Å². The predicted molar refractivity (Wildman–Crippen MR) is 104 cm³/mol. The van der Waals surface area contributed by atoms with Gasteiger partial charge in [0.05, 0.1) is 23.8 Å². The standard InChI is InChI=1S/C19H19FN4O2S/c1-11(2)24-19-14(8-22-24)6-15(9-21-19)23-18(26)10-27-17-5-4-13(12(3)25)7-16(17)20/h4-9,11H,10H2,1-3H3,(H,23,26). The number of nitrogens with zero attached hydrogens (tertiary/aromatic N) is 3. The molecule has 2 aromatic heterocycles. The Morgan fingerprint density at radius 3 is 2.70 bits per heavy atom. The second-order valence-electron chi connectivity index (χ2n) is 6.36. The number of anilines is 1. The van der Waals surface area contributed by atoms with Crippen molar-refractivity contribution >= 4 is 40.2 Å². The molecule has 6 nitrogen and oxygen atoms in total. The van der Waals surface area contributed by atoms with Gasteiger partial charge in [-0.2, -0.15) is 5.10 Å².